The maximum Gasteiger partial charge on any atom is 0.153 e. The average Bonchev–Trinajstić information content (AvgIpc) is 2.12. The molecule has 0 aromatic rings. The minimum absolute atomic E-state index is 0.0463. The lowest BCUT2D eigenvalue weighted by atomic mass is 9.48. The van der Waals surface area contributed by atoms with Gasteiger partial charge in [-0.15, -0.1) is 11.6 Å². The monoisotopic (exact) mass is 290 g/mol. The van der Waals surface area contributed by atoms with Crippen LogP contribution in [0.1, 0.15) is 38.5 Å². The molecule has 0 aromatic carbocycles. The molecular formula is C12H16BrClO. The number of carbonyl (C=O) groups is 1. The van der Waals surface area contributed by atoms with Crippen LogP contribution in [0.2, 0.25) is 0 Å². The van der Waals surface area contributed by atoms with Gasteiger partial charge in [0.1, 0.15) is 0 Å². The summed E-state index contributed by atoms with van der Waals surface area (Å²) in [6.07, 6.45) is 7.18. The second kappa shape index (κ2) is 3.22. The van der Waals surface area contributed by atoms with Crippen molar-refractivity contribution in [1.82, 2.24) is 0 Å². The van der Waals surface area contributed by atoms with Crippen LogP contribution in [0.5, 0.6) is 0 Å². The van der Waals surface area contributed by atoms with E-state index >= 15 is 0 Å². The van der Waals surface area contributed by atoms with Crippen molar-refractivity contribution in [3.63, 3.8) is 0 Å². The zero-order chi connectivity index (χ0) is 10.7. The van der Waals surface area contributed by atoms with Gasteiger partial charge in [0.25, 0.3) is 0 Å². The highest BCUT2D eigenvalue weighted by Gasteiger charge is 2.59. The van der Waals surface area contributed by atoms with Crippen molar-refractivity contribution in [1.29, 1.82) is 0 Å². The van der Waals surface area contributed by atoms with Crippen molar-refractivity contribution in [2.24, 2.45) is 17.3 Å². The highest BCUT2D eigenvalue weighted by Crippen LogP contribution is 2.64. The fourth-order valence-electron chi connectivity index (χ4n) is 4.62. The Morgan fingerprint density at radius 1 is 1.27 bits per heavy atom. The fourth-order valence-corrected chi connectivity index (χ4v) is 6.35. The number of Topliss-reactive ketones (excluding diaryl/α,β-unsaturated/α-hetero) is 1. The van der Waals surface area contributed by atoms with Gasteiger partial charge in [0.15, 0.2) is 5.78 Å². The minimum atomic E-state index is -0.0463. The Bertz CT molecular complexity index is 301. The van der Waals surface area contributed by atoms with Crippen LogP contribution in [0.4, 0.5) is 0 Å². The van der Waals surface area contributed by atoms with Crippen molar-refractivity contribution in [2.75, 3.05) is 5.88 Å². The van der Waals surface area contributed by atoms with Crippen molar-refractivity contribution in [2.45, 2.75) is 42.8 Å². The van der Waals surface area contributed by atoms with E-state index in [9.17, 15) is 4.79 Å². The van der Waals surface area contributed by atoms with Gasteiger partial charge >= 0.3 is 0 Å². The topological polar surface area (TPSA) is 17.1 Å². The zero-order valence-electron chi connectivity index (χ0n) is 8.77. The molecule has 2 unspecified atom stereocenters. The summed E-state index contributed by atoms with van der Waals surface area (Å²) in [7, 11) is 0. The molecule has 0 spiro atoms. The summed E-state index contributed by atoms with van der Waals surface area (Å²) in [4.78, 5) is 12.1. The van der Waals surface area contributed by atoms with Crippen LogP contribution in [0.25, 0.3) is 0 Å². The largest absolute Gasteiger partial charge is 0.298 e. The number of rotatable bonds is 2. The van der Waals surface area contributed by atoms with E-state index in [0.29, 0.717) is 5.78 Å². The number of hydrogen-bond donors (Lipinski definition) is 0. The molecule has 4 rings (SSSR count). The first-order chi connectivity index (χ1) is 7.05. The molecule has 0 heterocycles. The molecule has 3 heteroatoms. The molecule has 4 fully saturated rings. The lowest BCUT2D eigenvalue weighted by Crippen LogP contribution is -2.56. The van der Waals surface area contributed by atoms with E-state index in [0.717, 1.165) is 31.1 Å². The number of carbonyl (C=O) groups excluding carboxylic acids is 1. The number of halogens is 2. The third kappa shape index (κ3) is 1.51. The molecule has 84 valence electrons. The second-order valence-electron chi connectivity index (χ2n) is 5.95. The third-order valence-corrected chi connectivity index (χ3v) is 5.87. The maximum absolute atomic E-state index is 12.1. The Morgan fingerprint density at radius 3 is 2.33 bits per heavy atom. The fraction of sp³-hybridized carbons (Fsp3) is 0.917. The molecule has 0 aromatic heterocycles. The summed E-state index contributed by atoms with van der Waals surface area (Å²) in [5, 5.41) is 0. The van der Waals surface area contributed by atoms with Gasteiger partial charge in [0.05, 0.1) is 5.88 Å². The summed E-state index contributed by atoms with van der Waals surface area (Å²) in [6.45, 7) is 0. The minimum Gasteiger partial charge on any atom is -0.298 e. The van der Waals surface area contributed by atoms with Crippen molar-refractivity contribution >= 4 is 33.3 Å². The standard InChI is InChI=1S/C12H16BrClO/c13-12-4-8-1-9(5-12)3-11(2-8,7-12)10(15)6-14/h8-9H,1-7H2. The first kappa shape index (κ1) is 10.6. The van der Waals surface area contributed by atoms with Gasteiger partial charge in [0, 0.05) is 9.74 Å². The van der Waals surface area contributed by atoms with E-state index in [1.807, 2.05) is 0 Å². The van der Waals surface area contributed by atoms with Gasteiger partial charge in [-0.3, -0.25) is 4.79 Å². The Hall–Kier alpha value is 0.440. The molecule has 4 aliphatic carbocycles. The van der Waals surface area contributed by atoms with Gasteiger partial charge < -0.3 is 0 Å². The van der Waals surface area contributed by atoms with E-state index in [1.54, 1.807) is 0 Å². The Morgan fingerprint density at radius 2 is 1.87 bits per heavy atom. The molecule has 15 heavy (non-hydrogen) atoms. The van der Waals surface area contributed by atoms with Gasteiger partial charge in [-0.2, -0.15) is 0 Å². The Labute approximate surface area is 104 Å². The Balaban J connectivity index is 1.96. The lowest BCUT2D eigenvalue weighted by Gasteiger charge is -2.59. The van der Waals surface area contributed by atoms with Gasteiger partial charge in [-0.1, -0.05) is 15.9 Å². The molecular weight excluding hydrogens is 275 g/mol. The molecule has 0 aliphatic heterocycles. The molecule has 1 nitrogen and oxygen atoms in total. The summed E-state index contributed by atoms with van der Waals surface area (Å²) < 4.78 is 0.277. The summed E-state index contributed by atoms with van der Waals surface area (Å²) in [5.41, 5.74) is -0.0463. The third-order valence-electron chi connectivity index (χ3n) is 4.70. The number of ketones is 1. The van der Waals surface area contributed by atoms with Gasteiger partial charge in [-0.05, 0) is 50.4 Å². The van der Waals surface area contributed by atoms with Crippen LogP contribution in [-0.4, -0.2) is 16.0 Å². The SMILES string of the molecule is O=C(CCl)C12CC3CC(CC(Br)(C3)C1)C2. The normalized spacial score (nSPS) is 52.1. The van der Waals surface area contributed by atoms with Crippen LogP contribution in [0, 0.1) is 17.3 Å². The van der Waals surface area contributed by atoms with E-state index < -0.39 is 0 Å². The summed E-state index contributed by atoms with van der Waals surface area (Å²) in [6, 6.07) is 0. The molecule has 2 atom stereocenters. The van der Waals surface area contributed by atoms with Crippen LogP contribution in [0.3, 0.4) is 0 Å². The van der Waals surface area contributed by atoms with Crippen molar-refractivity contribution < 1.29 is 4.79 Å². The van der Waals surface area contributed by atoms with Crippen LogP contribution in [-0.2, 0) is 4.79 Å². The summed E-state index contributed by atoms with van der Waals surface area (Å²) in [5.74, 6) is 2.07. The van der Waals surface area contributed by atoms with Crippen LogP contribution >= 0.6 is 27.5 Å². The van der Waals surface area contributed by atoms with Gasteiger partial charge in [0.2, 0.25) is 0 Å². The van der Waals surface area contributed by atoms with E-state index in [2.05, 4.69) is 15.9 Å². The first-order valence-corrected chi connectivity index (χ1v) is 7.16. The zero-order valence-corrected chi connectivity index (χ0v) is 11.1. The molecule has 0 radical (unpaired) electrons. The van der Waals surface area contributed by atoms with E-state index in [-0.39, 0.29) is 15.6 Å². The molecule has 0 saturated heterocycles. The highest BCUT2D eigenvalue weighted by molar-refractivity contribution is 9.10. The van der Waals surface area contributed by atoms with Crippen LogP contribution in [0.15, 0.2) is 0 Å². The lowest BCUT2D eigenvalue weighted by molar-refractivity contribution is -0.138. The average molecular weight is 292 g/mol. The first-order valence-electron chi connectivity index (χ1n) is 5.83. The van der Waals surface area contributed by atoms with E-state index in [4.69, 9.17) is 11.6 Å². The van der Waals surface area contributed by atoms with Crippen LogP contribution < -0.4 is 0 Å². The quantitative estimate of drug-likeness (QED) is 0.711. The maximum atomic E-state index is 12.1. The number of hydrogen-bond acceptors (Lipinski definition) is 1. The van der Waals surface area contributed by atoms with Crippen molar-refractivity contribution in [3.05, 3.63) is 0 Å². The predicted molar refractivity (Wildman–Crippen MR) is 64.5 cm³/mol. The Kier molecular flexibility index (Phi) is 2.28. The summed E-state index contributed by atoms with van der Waals surface area (Å²) >= 11 is 9.66. The number of alkyl halides is 2. The molecule has 4 saturated carbocycles. The van der Waals surface area contributed by atoms with Crippen molar-refractivity contribution in [3.8, 4) is 0 Å². The van der Waals surface area contributed by atoms with E-state index in [1.165, 1.54) is 19.3 Å². The highest BCUT2D eigenvalue weighted by atomic mass is 79.9. The molecule has 0 N–H and O–H groups in total. The molecule has 4 aliphatic rings. The molecule has 4 bridgehead atoms. The molecule has 0 amide bonds. The predicted octanol–water partition coefficient (Wildman–Crippen LogP) is 3.53. The smallest absolute Gasteiger partial charge is 0.153 e. The second-order valence-corrected chi connectivity index (χ2v) is 7.90. The van der Waals surface area contributed by atoms with Gasteiger partial charge in [-0.25, -0.2) is 0 Å².